The lowest BCUT2D eigenvalue weighted by atomic mass is 10.1. The van der Waals surface area contributed by atoms with Crippen LogP contribution in [0.4, 0.5) is 15.8 Å². The van der Waals surface area contributed by atoms with Crippen molar-refractivity contribution in [3.8, 4) is 5.75 Å². The minimum absolute atomic E-state index is 0.122. The normalized spacial score (nSPS) is 12.5. The second-order valence-corrected chi connectivity index (χ2v) is 9.73. The molecule has 4 rings (SSSR count). The fourth-order valence-corrected chi connectivity index (χ4v) is 4.76. The number of hydrogen-bond acceptors (Lipinski definition) is 7. The van der Waals surface area contributed by atoms with Crippen LogP contribution in [-0.4, -0.2) is 43.4 Å². The Labute approximate surface area is 206 Å². The number of nitrogens with two attached hydrogens (primary N) is 1. The lowest BCUT2D eigenvalue weighted by molar-refractivity contribution is 0.172. The van der Waals surface area contributed by atoms with Gasteiger partial charge in [-0.1, -0.05) is 23.7 Å². The molecule has 3 aromatic carbocycles. The largest absolute Gasteiger partial charge is 0.492 e. The van der Waals surface area contributed by atoms with E-state index in [0.717, 1.165) is 17.5 Å². The highest BCUT2D eigenvalue weighted by molar-refractivity contribution is 7.92. The summed E-state index contributed by atoms with van der Waals surface area (Å²) in [6.07, 6.45) is -0.911. The number of fused-ring (bicyclic) bond motifs is 1. The molecular weight excluding hydrogens is 497 g/mol. The number of aromatic amines is 1. The Morgan fingerprint density at radius 2 is 2.00 bits per heavy atom. The summed E-state index contributed by atoms with van der Waals surface area (Å²) in [5.74, 6) is -0.276. The highest BCUT2D eigenvalue weighted by Crippen LogP contribution is 2.25. The molecule has 0 amide bonds. The topological polar surface area (TPSA) is 142 Å². The molecule has 1 aromatic heterocycles. The molecule has 4 aromatic rings. The summed E-state index contributed by atoms with van der Waals surface area (Å²) in [5.41, 5.74) is 7.07. The minimum atomic E-state index is -4.20. The number of aliphatic hydroxyl groups is 1. The van der Waals surface area contributed by atoms with E-state index < -0.39 is 26.8 Å². The average Bonchev–Trinajstić information content (AvgIpc) is 3.20. The smallest absolute Gasteiger partial charge is 0.264 e. The zero-order valence-electron chi connectivity index (χ0n) is 18.3. The molecule has 0 saturated carbocycles. The van der Waals surface area contributed by atoms with Crippen molar-refractivity contribution in [2.24, 2.45) is 0 Å². The van der Waals surface area contributed by atoms with E-state index in [1.165, 1.54) is 18.2 Å². The van der Waals surface area contributed by atoms with Gasteiger partial charge in [0.25, 0.3) is 10.0 Å². The quantitative estimate of drug-likeness (QED) is 0.159. The molecule has 0 bridgehead atoms. The Hall–Kier alpha value is -3.38. The number of hydrogen-bond donors (Lipinski definition) is 5. The number of nitrogen functional groups attached to an aromatic ring is 1. The second kappa shape index (κ2) is 10.5. The van der Waals surface area contributed by atoms with Gasteiger partial charge in [-0.2, -0.15) is 5.10 Å². The van der Waals surface area contributed by atoms with Crippen LogP contribution in [0.15, 0.2) is 65.6 Å². The molecule has 9 nitrogen and oxygen atoms in total. The Morgan fingerprint density at radius 1 is 1.17 bits per heavy atom. The summed E-state index contributed by atoms with van der Waals surface area (Å²) in [7, 11) is -4.20. The van der Waals surface area contributed by atoms with Gasteiger partial charge < -0.3 is 20.9 Å². The molecule has 0 saturated heterocycles. The van der Waals surface area contributed by atoms with Gasteiger partial charge in [-0.3, -0.25) is 9.82 Å². The number of anilines is 2. The van der Waals surface area contributed by atoms with Gasteiger partial charge in [0, 0.05) is 35.9 Å². The van der Waals surface area contributed by atoms with Gasteiger partial charge in [0.05, 0.1) is 11.6 Å². The molecule has 12 heteroatoms. The molecule has 0 aliphatic rings. The van der Waals surface area contributed by atoms with Gasteiger partial charge in [-0.15, -0.1) is 0 Å². The minimum Gasteiger partial charge on any atom is -0.492 e. The summed E-state index contributed by atoms with van der Waals surface area (Å²) in [6.45, 7) is 1.01. The van der Waals surface area contributed by atoms with E-state index in [0.29, 0.717) is 35.1 Å². The van der Waals surface area contributed by atoms with E-state index >= 15 is 0 Å². The average molecular weight is 520 g/mol. The molecule has 0 aliphatic heterocycles. The zero-order chi connectivity index (χ0) is 25.0. The number of nitrogens with one attached hydrogen (secondary N) is 3. The van der Waals surface area contributed by atoms with Crippen LogP contribution in [0, 0.1) is 5.82 Å². The molecule has 0 spiro atoms. The Bertz CT molecular complexity index is 1450. The number of sulfonamides is 1. The fourth-order valence-electron chi connectivity index (χ4n) is 3.39. The Balaban J connectivity index is 1.29. The Morgan fingerprint density at radius 3 is 2.83 bits per heavy atom. The standard InChI is InChI=1S/C23H23ClFN5O4S/c24-23-18-6-5-17(12-20(18)28-29-23)34-9-8-27-13-21(31)14-2-1-3-16(10-14)30-35(32,33)22-11-15(26)4-7-19(22)25/h1-7,10-12,21,27,30-31H,8-9,13,26H2,(H,28,29)/t21-/m0/s1. The highest BCUT2D eigenvalue weighted by Gasteiger charge is 2.20. The van der Waals surface area contributed by atoms with Crippen molar-refractivity contribution in [3.05, 3.63) is 77.2 Å². The summed E-state index contributed by atoms with van der Waals surface area (Å²) < 4.78 is 47.2. The van der Waals surface area contributed by atoms with Crippen molar-refractivity contribution in [3.63, 3.8) is 0 Å². The van der Waals surface area contributed by atoms with Crippen LogP contribution in [0.3, 0.4) is 0 Å². The Kier molecular flexibility index (Phi) is 7.41. The van der Waals surface area contributed by atoms with Crippen LogP contribution < -0.4 is 20.5 Å². The lowest BCUT2D eigenvalue weighted by Gasteiger charge is -2.15. The van der Waals surface area contributed by atoms with E-state index in [-0.39, 0.29) is 17.9 Å². The number of aromatic nitrogens is 2. The summed E-state index contributed by atoms with van der Waals surface area (Å²) in [6, 6.07) is 14.9. The maximum atomic E-state index is 14.0. The van der Waals surface area contributed by atoms with Gasteiger partial charge in [0.2, 0.25) is 0 Å². The molecule has 0 unspecified atom stereocenters. The van der Waals surface area contributed by atoms with Crippen LogP contribution >= 0.6 is 11.6 Å². The number of rotatable bonds is 10. The van der Waals surface area contributed by atoms with Crippen LogP contribution in [0.5, 0.6) is 5.75 Å². The van der Waals surface area contributed by atoms with Gasteiger partial charge in [0.15, 0.2) is 0 Å². The van der Waals surface area contributed by atoms with E-state index in [9.17, 15) is 17.9 Å². The maximum Gasteiger partial charge on any atom is 0.264 e. The third-order valence-corrected chi connectivity index (χ3v) is 6.82. The lowest BCUT2D eigenvalue weighted by Crippen LogP contribution is -2.26. The van der Waals surface area contributed by atoms with E-state index in [2.05, 4.69) is 20.2 Å². The SMILES string of the molecule is Nc1ccc(F)c(S(=O)(=O)Nc2cccc([C@@H](O)CNCCOc3ccc4c(Cl)[nH]nc4c3)c2)c1. The molecule has 35 heavy (non-hydrogen) atoms. The molecule has 1 atom stereocenters. The van der Waals surface area contributed by atoms with Crippen molar-refractivity contribution in [1.82, 2.24) is 15.5 Å². The van der Waals surface area contributed by atoms with Gasteiger partial charge in [-0.25, -0.2) is 12.8 Å². The van der Waals surface area contributed by atoms with E-state index in [1.54, 1.807) is 24.3 Å². The number of H-pyrrole nitrogens is 1. The van der Waals surface area contributed by atoms with Gasteiger partial charge >= 0.3 is 0 Å². The predicted octanol–water partition coefficient (Wildman–Crippen LogP) is 3.44. The second-order valence-electron chi connectivity index (χ2n) is 7.71. The van der Waals surface area contributed by atoms with Gasteiger partial charge in [-0.05, 0) is 48.0 Å². The number of ether oxygens (including phenoxy) is 1. The van der Waals surface area contributed by atoms with Crippen molar-refractivity contribution >= 4 is 43.9 Å². The monoisotopic (exact) mass is 519 g/mol. The molecule has 0 aliphatic carbocycles. The highest BCUT2D eigenvalue weighted by atomic mass is 35.5. The van der Waals surface area contributed by atoms with E-state index in [1.807, 2.05) is 6.07 Å². The predicted molar refractivity (Wildman–Crippen MR) is 132 cm³/mol. The molecule has 0 radical (unpaired) electrons. The summed E-state index contributed by atoms with van der Waals surface area (Å²) >= 11 is 5.99. The fraction of sp³-hybridized carbons (Fsp3) is 0.174. The van der Waals surface area contributed by atoms with Crippen molar-refractivity contribution in [1.29, 1.82) is 0 Å². The summed E-state index contributed by atoms with van der Waals surface area (Å²) in [5, 5.41) is 21.6. The number of nitrogens with zero attached hydrogens (tertiary/aromatic N) is 1. The third-order valence-electron chi connectivity index (χ3n) is 5.13. The third kappa shape index (κ3) is 6.01. The van der Waals surface area contributed by atoms with Crippen LogP contribution in [0.25, 0.3) is 10.9 Å². The molecule has 1 heterocycles. The first-order chi connectivity index (χ1) is 16.7. The van der Waals surface area contributed by atoms with Crippen molar-refractivity contribution < 1.29 is 22.7 Å². The van der Waals surface area contributed by atoms with Crippen LogP contribution in [0.1, 0.15) is 11.7 Å². The number of aliphatic hydroxyl groups excluding tert-OH is 1. The molecule has 6 N–H and O–H groups in total. The molecule has 0 fully saturated rings. The zero-order valence-corrected chi connectivity index (χ0v) is 19.9. The van der Waals surface area contributed by atoms with Crippen LogP contribution in [0.2, 0.25) is 5.15 Å². The van der Waals surface area contributed by atoms with Crippen molar-refractivity contribution in [2.45, 2.75) is 11.0 Å². The van der Waals surface area contributed by atoms with Gasteiger partial charge in [0.1, 0.15) is 28.2 Å². The van der Waals surface area contributed by atoms with Crippen molar-refractivity contribution in [2.75, 3.05) is 30.2 Å². The van der Waals surface area contributed by atoms with E-state index in [4.69, 9.17) is 22.1 Å². The number of benzene rings is 3. The first-order valence-electron chi connectivity index (χ1n) is 10.6. The van der Waals surface area contributed by atoms with Crippen LogP contribution in [-0.2, 0) is 10.0 Å². The molecular formula is C23H23ClFN5O4S. The maximum absolute atomic E-state index is 14.0. The first-order valence-corrected chi connectivity index (χ1v) is 12.4. The summed E-state index contributed by atoms with van der Waals surface area (Å²) in [4.78, 5) is -0.556. The first kappa shape index (κ1) is 24.7. The number of halogens is 2. The molecule has 184 valence electrons.